The van der Waals surface area contributed by atoms with Crippen molar-refractivity contribution in [1.29, 1.82) is 0 Å². The Morgan fingerprint density at radius 3 is 2.13 bits per heavy atom. The summed E-state index contributed by atoms with van der Waals surface area (Å²) in [4.78, 5) is 79.4. The highest BCUT2D eigenvalue weighted by Crippen LogP contribution is 2.42. The van der Waals surface area contributed by atoms with Gasteiger partial charge in [-0.3, -0.25) is 38.0 Å². The molecule has 5 amide bonds. The second-order valence-corrected chi connectivity index (χ2v) is 14.6. The molecule has 1 fully saturated rings. The van der Waals surface area contributed by atoms with Crippen molar-refractivity contribution < 1.29 is 47.6 Å². The molecule has 0 aromatic heterocycles. The quantitative estimate of drug-likeness (QED) is 0.0269. The Morgan fingerprint density at radius 2 is 1.53 bits per heavy atom. The van der Waals surface area contributed by atoms with Gasteiger partial charge in [0.15, 0.2) is 5.96 Å². The van der Waals surface area contributed by atoms with E-state index in [1.54, 1.807) is 36.4 Å². The topological polar surface area (TPSA) is 300 Å². The minimum absolute atomic E-state index is 0.0129. The number of phosphoric acid groups is 1. The van der Waals surface area contributed by atoms with Crippen molar-refractivity contribution in [3.05, 3.63) is 77.4 Å². The number of nitrogens with two attached hydrogens (primary N) is 3. The van der Waals surface area contributed by atoms with Crippen molar-refractivity contribution in [3.63, 3.8) is 0 Å². The van der Waals surface area contributed by atoms with Gasteiger partial charge >= 0.3 is 7.82 Å². The molecule has 1 aliphatic rings. The Balaban J connectivity index is 1.89. The van der Waals surface area contributed by atoms with Gasteiger partial charge in [-0.05, 0) is 55.4 Å². The lowest BCUT2D eigenvalue weighted by Gasteiger charge is -2.26. The number of phenols is 1. The van der Waals surface area contributed by atoms with Gasteiger partial charge in [0.25, 0.3) is 0 Å². The first-order valence-corrected chi connectivity index (χ1v) is 19.1. The molecule has 1 aliphatic carbocycles. The summed E-state index contributed by atoms with van der Waals surface area (Å²) >= 11 is 0. The summed E-state index contributed by atoms with van der Waals surface area (Å²) in [6.07, 6.45) is 3.56. The van der Waals surface area contributed by atoms with Crippen molar-refractivity contribution in [1.82, 2.24) is 21.3 Å². The smallest absolute Gasteiger partial charge is 0.471 e. The molecule has 0 heterocycles. The van der Waals surface area contributed by atoms with Crippen LogP contribution in [0.2, 0.25) is 0 Å². The van der Waals surface area contributed by atoms with Crippen LogP contribution in [-0.4, -0.2) is 89.9 Å². The molecule has 300 valence electrons. The summed E-state index contributed by atoms with van der Waals surface area (Å²) in [5.74, 6) is -3.93. The highest BCUT2D eigenvalue weighted by molar-refractivity contribution is 7.47. The maximum Gasteiger partial charge on any atom is 0.471 e. The third kappa shape index (κ3) is 15.5. The van der Waals surface area contributed by atoms with Gasteiger partial charge in [0, 0.05) is 33.4 Å². The molecule has 55 heavy (non-hydrogen) atoms. The number of amides is 5. The number of nitrogens with zero attached hydrogens (tertiary/aromatic N) is 1. The number of aromatic hydroxyl groups is 1. The van der Waals surface area contributed by atoms with Crippen LogP contribution >= 0.6 is 7.82 Å². The van der Waals surface area contributed by atoms with Gasteiger partial charge in [0.05, 0.1) is 18.6 Å². The van der Waals surface area contributed by atoms with Gasteiger partial charge in [0.1, 0.15) is 23.9 Å². The van der Waals surface area contributed by atoms with Crippen LogP contribution in [0.25, 0.3) is 0 Å². The number of carbonyl (C=O) groups excluding carboxylic acids is 5. The molecule has 2 aromatic carbocycles. The Labute approximate surface area is 319 Å². The fraction of sp³-hybridized carbons (Fsp3) is 0.444. The molecular weight excluding hydrogens is 735 g/mol. The molecule has 0 saturated heterocycles. The zero-order valence-electron chi connectivity index (χ0n) is 30.8. The van der Waals surface area contributed by atoms with Crippen molar-refractivity contribution in [2.45, 2.75) is 76.0 Å². The van der Waals surface area contributed by atoms with E-state index in [4.69, 9.17) is 21.7 Å². The third-order valence-corrected chi connectivity index (χ3v) is 9.64. The SMILES string of the molecule is COP(=O)(O)OC[C@H](/C=C1/CCC[C@H]1C(=O)N[C@@H](CCCN=C(N)N)C(N)=O)NC(=O)[C@H](Cc1ccc(O)cc1)NC(=O)C(Cc1ccccc1)NC(C)=O. The monoisotopic (exact) mass is 786 g/mol. The number of rotatable bonds is 21. The number of phenolic OH excluding ortho intramolecular Hbond substituents is 1. The molecule has 1 saturated carbocycles. The summed E-state index contributed by atoms with van der Waals surface area (Å²) in [6.45, 7) is 0.926. The second-order valence-electron chi connectivity index (χ2n) is 13.0. The van der Waals surface area contributed by atoms with Crippen molar-refractivity contribution >= 4 is 43.3 Å². The van der Waals surface area contributed by atoms with Gasteiger partial charge in [-0.1, -0.05) is 54.1 Å². The number of aliphatic imine (C=N–C) groups is 1. The number of nitrogens with one attached hydrogen (secondary N) is 4. The average Bonchev–Trinajstić information content (AvgIpc) is 3.60. The third-order valence-electron chi connectivity index (χ3n) is 8.70. The molecule has 0 aliphatic heterocycles. The van der Waals surface area contributed by atoms with Crippen molar-refractivity contribution in [3.8, 4) is 5.75 Å². The second kappa shape index (κ2) is 21.6. The predicted molar refractivity (Wildman–Crippen MR) is 203 cm³/mol. The average molecular weight is 787 g/mol. The molecule has 2 unspecified atom stereocenters. The molecule has 6 atom stereocenters. The number of hydrogen-bond acceptors (Lipinski definition) is 10. The molecule has 12 N–H and O–H groups in total. The van der Waals surface area contributed by atoms with E-state index in [1.165, 1.54) is 25.1 Å². The van der Waals surface area contributed by atoms with Crippen LogP contribution < -0.4 is 38.5 Å². The number of hydrogen-bond donors (Lipinski definition) is 9. The van der Waals surface area contributed by atoms with Crippen LogP contribution in [0.1, 0.15) is 50.2 Å². The summed E-state index contributed by atoms with van der Waals surface area (Å²) in [7, 11) is -3.56. The zero-order valence-corrected chi connectivity index (χ0v) is 31.7. The number of primary amides is 1. The molecule has 0 radical (unpaired) electrons. The van der Waals surface area contributed by atoms with Gasteiger partial charge in [-0.25, -0.2) is 4.57 Å². The lowest BCUT2D eigenvalue weighted by molar-refractivity contribution is -0.131. The molecule has 3 rings (SSSR count). The molecule has 0 bridgehead atoms. The van der Waals surface area contributed by atoms with Crippen LogP contribution in [0.5, 0.6) is 5.75 Å². The predicted octanol–water partition coefficient (Wildman–Crippen LogP) is 0.165. The Hall–Kier alpha value is -5.29. The molecule has 19 heteroatoms. The number of carbonyl (C=O) groups is 5. The standard InChI is InChI=1S/C36H51N8O10P/c1-22(45)41-30(18-23-8-4-3-5-9-23)35(50)44-31(19-24-13-15-27(46)16-14-24)34(49)42-26(21-54-55(51,52)53-2)20-25-10-6-11-28(25)33(48)43-29(32(37)47)12-7-17-40-36(38)39/h3-5,8-9,13-16,20,26,28-31,46H,6-7,10-12,17-19,21H2,1-2H3,(H2,37,47)(H,41,45)(H,42,49)(H,43,48)(H,44,50)(H,51,52)(H4,38,39,40)/b25-20-/t26-,28+,29-,30?,31-/m0/s1. The minimum atomic E-state index is -4.54. The summed E-state index contributed by atoms with van der Waals surface area (Å²) in [5, 5.41) is 20.6. The van der Waals surface area contributed by atoms with Gasteiger partial charge in [-0.15, -0.1) is 0 Å². The van der Waals surface area contributed by atoms with Gasteiger partial charge < -0.3 is 48.5 Å². The normalized spacial score (nSPS) is 17.8. The van der Waals surface area contributed by atoms with E-state index in [9.17, 15) is 38.5 Å². The first-order valence-electron chi connectivity index (χ1n) is 17.6. The number of phosphoric ester groups is 1. The van der Waals surface area contributed by atoms with E-state index in [1.807, 2.05) is 6.07 Å². The first kappa shape index (κ1) is 44.1. The fourth-order valence-electron chi connectivity index (χ4n) is 5.98. The molecular formula is C36H51N8O10P. The number of benzene rings is 2. The molecule has 18 nitrogen and oxygen atoms in total. The zero-order chi connectivity index (χ0) is 40.5. The fourth-order valence-corrected chi connectivity index (χ4v) is 6.44. The van der Waals surface area contributed by atoms with Crippen molar-refractivity contribution in [2.75, 3.05) is 20.3 Å². The summed E-state index contributed by atoms with van der Waals surface area (Å²) in [5.41, 5.74) is 18.1. The first-order chi connectivity index (χ1) is 26.1. The lowest BCUT2D eigenvalue weighted by Crippen LogP contribution is -2.56. The molecule has 0 spiro atoms. The maximum atomic E-state index is 14.1. The van der Waals surface area contributed by atoms with Crippen LogP contribution in [-0.2, 0) is 50.4 Å². The van der Waals surface area contributed by atoms with E-state index in [0.29, 0.717) is 36.8 Å². The van der Waals surface area contributed by atoms with Crippen molar-refractivity contribution in [2.24, 2.45) is 28.1 Å². The summed E-state index contributed by atoms with van der Waals surface area (Å²) in [6, 6.07) is 10.5. The minimum Gasteiger partial charge on any atom is -0.508 e. The van der Waals surface area contributed by atoms with Crippen LogP contribution in [0.4, 0.5) is 0 Å². The van der Waals surface area contributed by atoms with Crippen LogP contribution in [0, 0.1) is 5.92 Å². The van der Waals surface area contributed by atoms with E-state index in [-0.39, 0.29) is 37.5 Å². The van der Waals surface area contributed by atoms with Crippen LogP contribution in [0.3, 0.4) is 0 Å². The van der Waals surface area contributed by atoms with Gasteiger partial charge in [-0.2, -0.15) is 0 Å². The van der Waals surface area contributed by atoms with E-state index >= 15 is 0 Å². The Bertz CT molecular complexity index is 1740. The largest absolute Gasteiger partial charge is 0.508 e. The highest BCUT2D eigenvalue weighted by atomic mass is 31.2. The van der Waals surface area contributed by atoms with E-state index in [0.717, 1.165) is 12.7 Å². The highest BCUT2D eigenvalue weighted by Gasteiger charge is 2.33. The maximum absolute atomic E-state index is 14.1. The summed E-state index contributed by atoms with van der Waals surface area (Å²) < 4.78 is 22.0. The Morgan fingerprint density at radius 1 is 0.909 bits per heavy atom. The molecule has 2 aromatic rings. The van der Waals surface area contributed by atoms with E-state index in [2.05, 4.69) is 30.8 Å². The van der Waals surface area contributed by atoms with E-state index < -0.39 is 74.1 Å². The Kier molecular flexibility index (Phi) is 17.3. The van der Waals surface area contributed by atoms with Crippen LogP contribution in [0.15, 0.2) is 71.2 Å². The number of guanidine groups is 1. The van der Waals surface area contributed by atoms with Gasteiger partial charge in [0.2, 0.25) is 29.5 Å². The lowest BCUT2D eigenvalue weighted by atomic mass is 9.98.